The minimum absolute atomic E-state index is 0.147. The van der Waals surface area contributed by atoms with Crippen LogP contribution in [0.4, 0.5) is 11.4 Å². The van der Waals surface area contributed by atoms with Gasteiger partial charge in [0.2, 0.25) is 0 Å². The van der Waals surface area contributed by atoms with Gasteiger partial charge in [-0.3, -0.25) is 4.72 Å². The van der Waals surface area contributed by atoms with E-state index < -0.39 is 10.0 Å². The first kappa shape index (κ1) is 18.0. The van der Waals surface area contributed by atoms with E-state index in [1.807, 2.05) is 26.0 Å². The molecule has 1 N–H and O–H groups in total. The predicted octanol–water partition coefficient (Wildman–Crippen LogP) is 3.67. The highest BCUT2D eigenvalue weighted by Crippen LogP contribution is 2.24. The Labute approximate surface area is 153 Å². The number of anilines is 2. The fourth-order valence-corrected chi connectivity index (χ4v) is 4.08. The maximum absolute atomic E-state index is 12.5. The smallest absolute Gasteiger partial charge is 0.261 e. The summed E-state index contributed by atoms with van der Waals surface area (Å²) in [6, 6.07) is 12.1. The molecule has 5 nitrogen and oxygen atoms in total. The Morgan fingerprint density at radius 2 is 1.92 bits per heavy atom. The molecule has 2 aromatic carbocycles. The molecular formula is C18H21ClN2O3S. The summed E-state index contributed by atoms with van der Waals surface area (Å²) in [5, 5.41) is 0.430. The summed E-state index contributed by atoms with van der Waals surface area (Å²) in [5.41, 5.74) is 2.41. The SMILES string of the molecule is Cc1ccc(S(=O)(=O)Nc2ccc(N3CCOC(C)C3)cc2)cc1Cl. The summed E-state index contributed by atoms with van der Waals surface area (Å²) in [6.07, 6.45) is 0.193. The van der Waals surface area contributed by atoms with Gasteiger partial charge in [0.1, 0.15) is 0 Å². The van der Waals surface area contributed by atoms with E-state index in [0.29, 0.717) is 17.3 Å². The molecule has 25 heavy (non-hydrogen) atoms. The van der Waals surface area contributed by atoms with E-state index in [0.717, 1.165) is 24.3 Å². The molecule has 1 aliphatic heterocycles. The van der Waals surface area contributed by atoms with Gasteiger partial charge < -0.3 is 9.64 Å². The maximum atomic E-state index is 12.5. The van der Waals surface area contributed by atoms with Crippen molar-refractivity contribution in [1.29, 1.82) is 0 Å². The second-order valence-electron chi connectivity index (χ2n) is 6.19. The lowest BCUT2D eigenvalue weighted by molar-refractivity contribution is 0.0532. The molecule has 0 bridgehead atoms. The molecule has 1 saturated heterocycles. The van der Waals surface area contributed by atoms with Crippen molar-refractivity contribution in [2.75, 3.05) is 29.3 Å². The fourth-order valence-electron chi connectivity index (χ4n) is 2.75. The van der Waals surface area contributed by atoms with Crippen molar-refractivity contribution in [3.8, 4) is 0 Å². The van der Waals surface area contributed by atoms with Crippen LogP contribution in [0.2, 0.25) is 5.02 Å². The van der Waals surface area contributed by atoms with E-state index in [1.165, 1.54) is 6.07 Å². The Bertz CT molecular complexity index is 853. The van der Waals surface area contributed by atoms with Crippen LogP contribution in [0.5, 0.6) is 0 Å². The number of ether oxygens (including phenoxy) is 1. The minimum Gasteiger partial charge on any atom is -0.375 e. The third kappa shape index (κ3) is 4.26. The standard InChI is InChI=1S/C18H21ClN2O3S/c1-13-3-8-17(11-18(13)19)25(22,23)20-15-4-6-16(7-5-15)21-9-10-24-14(2)12-21/h3-8,11,14,20H,9-10,12H2,1-2H3. The quantitative estimate of drug-likeness (QED) is 0.879. The van der Waals surface area contributed by atoms with Crippen LogP contribution >= 0.6 is 11.6 Å². The van der Waals surface area contributed by atoms with Gasteiger partial charge in [0.15, 0.2) is 0 Å². The van der Waals surface area contributed by atoms with Gasteiger partial charge in [-0.2, -0.15) is 0 Å². The van der Waals surface area contributed by atoms with Crippen LogP contribution in [0.15, 0.2) is 47.4 Å². The Morgan fingerprint density at radius 1 is 1.20 bits per heavy atom. The molecule has 134 valence electrons. The molecule has 1 aliphatic rings. The molecular weight excluding hydrogens is 360 g/mol. The van der Waals surface area contributed by atoms with Gasteiger partial charge in [-0.15, -0.1) is 0 Å². The Hall–Kier alpha value is -1.76. The van der Waals surface area contributed by atoms with Crippen molar-refractivity contribution in [2.24, 2.45) is 0 Å². The number of halogens is 1. The lowest BCUT2D eigenvalue weighted by atomic mass is 10.2. The average Bonchev–Trinajstić information content (AvgIpc) is 2.57. The van der Waals surface area contributed by atoms with E-state index in [4.69, 9.17) is 16.3 Å². The number of rotatable bonds is 4. The number of sulfonamides is 1. The zero-order chi connectivity index (χ0) is 18.0. The van der Waals surface area contributed by atoms with Crippen LogP contribution in [0.25, 0.3) is 0 Å². The molecule has 0 saturated carbocycles. The number of aryl methyl sites for hydroxylation is 1. The number of hydrogen-bond acceptors (Lipinski definition) is 4. The lowest BCUT2D eigenvalue weighted by Crippen LogP contribution is -2.41. The van der Waals surface area contributed by atoms with Crippen molar-refractivity contribution >= 4 is 33.0 Å². The summed E-state index contributed by atoms with van der Waals surface area (Å²) < 4.78 is 33.1. The van der Waals surface area contributed by atoms with Crippen molar-refractivity contribution in [3.63, 3.8) is 0 Å². The van der Waals surface area contributed by atoms with Gasteiger partial charge in [-0.05, 0) is 55.8 Å². The molecule has 1 unspecified atom stereocenters. The maximum Gasteiger partial charge on any atom is 0.261 e. The Balaban J connectivity index is 1.75. The third-order valence-corrected chi connectivity index (χ3v) is 5.97. The molecule has 0 radical (unpaired) electrons. The van der Waals surface area contributed by atoms with Gasteiger partial charge >= 0.3 is 0 Å². The normalized spacial score (nSPS) is 18.2. The van der Waals surface area contributed by atoms with Gasteiger partial charge in [0.05, 0.1) is 17.6 Å². The molecule has 0 amide bonds. The molecule has 0 aliphatic carbocycles. The molecule has 2 aromatic rings. The second kappa shape index (κ2) is 7.23. The van der Waals surface area contributed by atoms with Crippen LogP contribution < -0.4 is 9.62 Å². The summed E-state index contributed by atoms with van der Waals surface area (Å²) >= 11 is 6.03. The van der Waals surface area contributed by atoms with Crippen LogP contribution in [0.3, 0.4) is 0 Å². The lowest BCUT2D eigenvalue weighted by Gasteiger charge is -2.33. The second-order valence-corrected chi connectivity index (χ2v) is 8.28. The number of hydrogen-bond donors (Lipinski definition) is 1. The zero-order valence-electron chi connectivity index (χ0n) is 14.2. The van der Waals surface area contributed by atoms with E-state index in [1.54, 1.807) is 24.3 Å². The minimum atomic E-state index is -3.67. The Kier molecular flexibility index (Phi) is 5.22. The van der Waals surface area contributed by atoms with E-state index in [-0.39, 0.29) is 11.0 Å². The van der Waals surface area contributed by atoms with Gasteiger partial charge in [-0.25, -0.2) is 8.42 Å². The van der Waals surface area contributed by atoms with Gasteiger partial charge in [0, 0.05) is 29.5 Å². The first-order valence-electron chi connectivity index (χ1n) is 8.11. The monoisotopic (exact) mass is 380 g/mol. The summed E-state index contributed by atoms with van der Waals surface area (Å²) in [6.45, 7) is 6.23. The van der Waals surface area contributed by atoms with Crippen molar-refractivity contribution in [1.82, 2.24) is 0 Å². The fraction of sp³-hybridized carbons (Fsp3) is 0.333. The number of benzene rings is 2. The highest BCUT2D eigenvalue weighted by molar-refractivity contribution is 7.92. The predicted molar refractivity (Wildman–Crippen MR) is 101 cm³/mol. The largest absolute Gasteiger partial charge is 0.375 e. The van der Waals surface area contributed by atoms with Gasteiger partial charge in [-0.1, -0.05) is 17.7 Å². The molecule has 1 fully saturated rings. The molecule has 3 rings (SSSR count). The van der Waals surface area contributed by atoms with Crippen molar-refractivity contribution < 1.29 is 13.2 Å². The molecule has 0 spiro atoms. The number of nitrogens with one attached hydrogen (secondary N) is 1. The van der Waals surface area contributed by atoms with Crippen LogP contribution in [-0.4, -0.2) is 34.2 Å². The average molecular weight is 381 g/mol. The van der Waals surface area contributed by atoms with Crippen LogP contribution in [0, 0.1) is 6.92 Å². The van der Waals surface area contributed by atoms with Crippen molar-refractivity contribution in [3.05, 3.63) is 53.1 Å². The summed E-state index contributed by atoms with van der Waals surface area (Å²) in [5.74, 6) is 0. The zero-order valence-corrected chi connectivity index (χ0v) is 15.8. The van der Waals surface area contributed by atoms with Gasteiger partial charge in [0.25, 0.3) is 10.0 Å². The van der Waals surface area contributed by atoms with E-state index in [9.17, 15) is 8.42 Å². The van der Waals surface area contributed by atoms with Crippen molar-refractivity contribution in [2.45, 2.75) is 24.8 Å². The number of nitrogens with zero attached hydrogens (tertiary/aromatic N) is 1. The van der Waals surface area contributed by atoms with E-state index >= 15 is 0 Å². The molecule has 0 aromatic heterocycles. The highest BCUT2D eigenvalue weighted by atomic mass is 35.5. The van der Waals surface area contributed by atoms with E-state index in [2.05, 4.69) is 9.62 Å². The topological polar surface area (TPSA) is 58.6 Å². The highest BCUT2D eigenvalue weighted by Gasteiger charge is 2.18. The van der Waals surface area contributed by atoms with Crippen LogP contribution in [0.1, 0.15) is 12.5 Å². The molecule has 1 atom stereocenters. The summed E-state index contributed by atoms with van der Waals surface area (Å²) in [7, 11) is -3.67. The molecule has 7 heteroatoms. The first-order chi connectivity index (χ1) is 11.8. The van der Waals surface area contributed by atoms with Crippen LogP contribution in [-0.2, 0) is 14.8 Å². The Morgan fingerprint density at radius 3 is 2.56 bits per heavy atom. The number of morpholine rings is 1. The molecule has 1 heterocycles. The first-order valence-corrected chi connectivity index (χ1v) is 9.97. The third-order valence-electron chi connectivity index (χ3n) is 4.18. The summed E-state index contributed by atoms with van der Waals surface area (Å²) in [4.78, 5) is 2.38.